The summed E-state index contributed by atoms with van der Waals surface area (Å²) in [7, 11) is 0. The molecule has 0 radical (unpaired) electrons. The second-order valence-electron chi connectivity index (χ2n) is 3.93. The lowest BCUT2D eigenvalue weighted by Crippen LogP contribution is -2.50. The van der Waals surface area contributed by atoms with Crippen molar-refractivity contribution in [3.05, 3.63) is 11.6 Å². The fourth-order valence-corrected chi connectivity index (χ4v) is 1.99. The average Bonchev–Trinajstić information content (AvgIpc) is 2.90. The first-order valence-corrected chi connectivity index (χ1v) is 6.19. The van der Waals surface area contributed by atoms with Crippen LogP contribution in [0.25, 0.3) is 0 Å². The molecule has 2 heterocycles. The highest BCUT2D eigenvalue weighted by atomic mass is 32.1. The normalized spacial score (nSPS) is 19.4. The zero-order valence-electron chi connectivity index (χ0n) is 8.87. The van der Waals surface area contributed by atoms with Crippen molar-refractivity contribution in [2.24, 2.45) is 0 Å². The summed E-state index contributed by atoms with van der Waals surface area (Å²) in [4.78, 5) is 15.7. The molecule has 1 aliphatic heterocycles. The molecule has 0 aromatic carbocycles. The molecule has 1 saturated heterocycles. The molecule has 1 aromatic rings. The third-order valence-electron chi connectivity index (χ3n) is 2.43. The number of nitrogens with one attached hydrogen (secondary N) is 1. The van der Waals surface area contributed by atoms with Gasteiger partial charge in [0.15, 0.2) is 5.13 Å². The van der Waals surface area contributed by atoms with E-state index in [0.717, 1.165) is 24.6 Å². The van der Waals surface area contributed by atoms with Gasteiger partial charge in [0.05, 0.1) is 6.10 Å². The fourth-order valence-electron chi connectivity index (χ4n) is 1.33. The number of rotatable bonds is 3. The van der Waals surface area contributed by atoms with Gasteiger partial charge in [-0.2, -0.15) is 0 Å². The van der Waals surface area contributed by atoms with Crippen molar-refractivity contribution in [1.29, 1.82) is 0 Å². The maximum absolute atomic E-state index is 9.54. The number of thiazole rings is 1. The molecule has 1 aliphatic carbocycles. The van der Waals surface area contributed by atoms with Gasteiger partial charge < -0.3 is 15.3 Å². The number of aliphatic hydroxyl groups is 1. The van der Waals surface area contributed by atoms with Crippen molar-refractivity contribution in [3.8, 4) is 0 Å². The number of aromatic nitrogens is 1. The summed E-state index contributed by atoms with van der Waals surface area (Å²) in [6.07, 6.45) is 4.77. The second kappa shape index (κ2) is 5.27. The molecule has 3 rings (SSSR count). The predicted octanol–water partition coefficient (Wildman–Crippen LogP) is 0.219. The van der Waals surface area contributed by atoms with Crippen LogP contribution in [-0.4, -0.2) is 41.7 Å². The monoisotopic (exact) mass is 241 g/mol. The molecule has 88 valence electrons. The number of anilines is 1. The molecule has 1 saturated carbocycles. The molecule has 16 heavy (non-hydrogen) atoms. The third kappa shape index (κ3) is 3.18. The molecule has 0 spiro atoms. The Balaban J connectivity index is 0.000000138. The van der Waals surface area contributed by atoms with Gasteiger partial charge in [0.2, 0.25) is 6.41 Å². The summed E-state index contributed by atoms with van der Waals surface area (Å²) >= 11 is 1.61. The molecule has 2 N–H and O–H groups in total. The molecule has 2 fully saturated rings. The Bertz CT molecular complexity index is 321. The first kappa shape index (κ1) is 11.3. The first-order chi connectivity index (χ1) is 7.79. The van der Waals surface area contributed by atoms with E-state index in [1.807, 2.05) is 5.38 Å². The lowest BCUT2D eigenvalue weighted by Gasteiger charge is -2.35. The summed E-state index contributed by atoms with van der Waals surface area (Å²) < 4.78 is 0. The lowest BCUT2D eigenvalue weighted by molar-refractivity contribution is -0.109. The van der Waals surface area contributed by atoms with E-state index in [1.165, 1.54) is 12.8 Å². The molecule has 6 heteroatoms. The van der Waals surface area contributed by atoms with E-state index in [2.05, 4.69) is 15.2 Å². The molecule has 1 amide bonds. The number of hydrogen-bond donors (Lipinski definition) is 2. The van der Waals surface area contributed by atoms with Crippen LogP contribution in [0, 0.1) is 0 Å². The van der Waals surface area contributed by atoms with Gasteiger partial charge in [-0.05, 0) is 12.8 Å². The Hall–Kier alpha value is -1.14. The topological polar surface area (TPSA) is 65.5 Å². The molecule has 5 nitrogen and oxygen atoms in total. The van der Waals surface area contributed by atoms with E-state index >= 15 is 0 Å². The molecular formula is C10H15N3O2S. The van der Waals surface area contributed by atoms with Crippen LogP contribution in [-0.2, 0) is 4.79 Å². The molecule has 0 bridgehead atoms. The van der Waals surface area contributed by atoms with E-state index in [1.54, 1.807) is 17.5 Å². The van der Waals surface area contributed by atoms with E-state index in [9.17, 15) is 4.79 Å². The third-order valence-corrected chi connectivity index (χ3v) is 3.27. The molecule has 0 atom stereocenters. The Morgan fingerprint density at radius 1 is 1.56 bits per heavy atom. The van der Waals surface area contributed by atoms with Crippen LogP contribution in [0.3, 0.4) is 0 Å². The number of aliphatic hydroxyl groups excluding tert-OH is 1. The Labute approximate surface area is 98.1 Å². The summed E-state index contributed by atoms with van der Waals surface area (Å²) in [5.41, 5.74) is 0. The zero-order valence-corrected chi connectivity index (χ0v) is 9.69. The summed E-state index contributed by atoms with van der Waals surface area (Å²) in [5.74, 6) is 0. The van der Waals surface area contributed by atoms with Crippen LogP contribution in [0.1, 0.15) is 12.8 Å². The van der Waals surface area contributed by atoms with Crippen LogP contribution >= 0.6 is 11.3 Å². The minimum Gasteiger partial charge on any atom is -0.389 e. The SMILES string of the molecule is O=CNC1CC1.OC1CN(c2nccs2)C1. The maximum Gasteiger partial charge on any atom is 0.207 e. The first-order valence-electron chi connectivity index (χ1n) is 5.32. The van der Waals surface area contributed by atoms with Gasteiger partial charge in [-0.25, -0.2) is 4.98 Å². The van der Waals surface area contributed by atoms with Crippen LogP contribution in [0.5, 0.6) is 0 Å². The van der Waals surface area contributed by atoms with Crippen LogP contribution < -0.4 is 10.2 Å². The second-order valence-corrected chi connectivity index (χ2v) is 4.81. The summed E-state index contributed by atoms with van der Waals surface area (Å²) in [5, 5.41) is 14.6. The van der Waals surface area contributed by atoms with Gasteiger partial charge >= 0.3 is 0 Å². The van der Waals surface area contributed by atoms with Gasteiger partial charge in [0, 0.05) is 30.7 Å². The van der Waals surface area contributed by atoms with Gasteiger partial charge in [-0.15, -0.1) is 11.3 Å². The number of carbonyl (C=O) groups excluding carboxylic acids is 1. The van der Waals surface area contributed by atoms with Crippen molar-refractivity contribution in [1.82, 2.24) is 10.3 Å². The molecule has 0 unspecified atom stereocenters. The largest absolute Gasteiger partial charge is 0.389 e. The standard InChI is InChI=1S/C6H8N2OS.C4H7NO/c9-5-3-8(4-5)6-7-1-2-10-6;6-3-5-4-1-2-4/h1-2,5,9H,3-4H2;3-4H,1-2H2,(H,5,6). The van der Waals surface area contributed by atoms with Gasteiger partial charge in [-0.1, -0.05) is 0 Å². The van der Waals surface area contributed by atoms with E-state index in [4.69, 9.17) is 5.11 Å². The number of β-amino-alcohol motifs (C(OH)–C–C–N with tert-alkyl or cyclic N) is 1. The van der Waals surface area contributed by atoms with Crippen LogP contribution in [0.4, 0.5) is 5.13 Å². The Morgan fingerprint density at radius 2 is 2.31 bits per heavy atom. The van der Waals surface area contributed by atoms with E-state index in [0.29, 0.717) is 6.04 Å². The van der Waals surface area contributed by atoms with E-state index < -0.39 is 0 Å². The predicted molar refractivity (Wildman–Crippen MR) is 62.6 cm³/mol. The quantitative estimate of drug-likeness (QED) is 0.743. The van der Waals surface area contributed by atoms with E-state index in [-0.39, 0.29) is 6.10 Å². The van der Waals surface area contributed by atoms with Crippen molar-refractivity contribution in [2.45, 2.75) is 25.0 Å². The lowest BCUT2D eigenvalue weighted by atomic mass is 10.2. The average molecular weight is 241 g/mol. The van der Waals surface area contributed by atoms with Crippen LogP contribution in [0.15, 0.2) is 11.6 Å². The highest BCUT2D eigenvalue weighted by Crippen LogP contribution is 2.22. The van der Waals surface area contributed by atoms with Crippen molar-refractivity contribution >= 4 is 22.9 Å². The smallest absolute Gasteiger partial charge is 0.207 e. The minimum absolute atomic E-state index is 0.135. The number of carbonyl (C=O) groups is 1. The Kier molecular flexibility index (Phi) is 3.74. The Morgan fingerprint density at radius 3 is 2.69 bits per heavy atom. The number of hydrogen-bond acceptors (Lipinski definition) is 5. The van der Waals surface area contributed by atoms with Crippen molar-refractivity contribution in [2.75, 3.05) is 18.0 Å². The molecule has 1 aromatic heterocycles. The number of amides is 1. The zero-order chi connectivity index (χ0) is 11.4. The van der Waals surface area contributed by atoms with Crippen molar-refractivity contribution < 1.29 is 9.90 Å². The number of nitrogens with zero attached hydrogens (tertiary/aromatic N) is 2. The van der Waals surface area contributed by atoms with Gasteiger partial charge in [-0.3, -0.25) is 4.79 Å². The highest BCUT2D eigenvalue weighted by Gasteiger charge is 2.25. The summed E-state index contributed by atoms with van der Waals surface area (Å²) in [6, 6.07) is 0.530. The maximum atomic E-state index is 9.54. The summed E-state index contributed by atoms with van der Waals surface area (Å²) in [6.45, 7) is 1.49. The fraction of sp³-hybridized carbons (Fsp3) is 0.600. The van der Waals surface area contributed by atoms with Gasteiger partial charge in [0.1, 0.15) is 0 Å². The van der Waals surface area contributed by atoms with Crippen molar-refractivity contribution in [3.63, 3.8) is 0 Å². The highest BCUT2D eigenvalue weighted by molar-refractivity contribution is 7.13. The van der Waals surface area contributed by atoms with Gasteiger partial charge in [0.25, 0.3) is 0 Å². The molecular weight excluding hydrogens is 226 g/mol. The molecule has 2 aliphatic rings. The minimum atomic E-state index is -0.135. The van der Waals surface area contributed by atoms with Crippen LogP contribution in [0.2, 0.25) is 0 Å².